The first-order chi connectivity index (χ1) is 6.74. The third-order valence-electron chi connectivity index (χ3n) is 2.02. The van der Waals surface area contributed by atoms with Crippen LogP contribution < -0.4 is 0 Å². The molecule has 84 valence electrons. The molecule has 0 atom stereocenters. The van der Waals surface area contributed by atoms with Crippen molar-refractivity contribution in [1.82, 2.24) is 4.90 Å². The van der Waals surface area contributed by atoms with Crippen molar-refractivity contribution in [3.8, 4) is 0 Å². The number of rotatable bonds is 8. The zero-order valence-electron chi connectivity index (χ0n) is 9.16. The van der Waals surface area contributed by atoms with Crippen molar-refractivity contribution >= 4 is 5.97 Å². The number of nitrogens with zero attached hydrogens (tertiary/aromatic N) is 1. The number of carbonyl (C=O) groups excluding carboxylic acids is 1. The van der Waals surface area contributed by atoms with E-state index in [1.54, 1.807) is 0 Å². The molecule has 0 unspecified atom stereocenters. The Labute approximate surface area is 85.9 Å². The minimum absolute atomic E-state index is 0.132. The second kappa shape index (κ2) is 8.97. The smallest absolute Gasteiger partial charge is 0.305 e. The first-order valence-corrected chi connectivity index (χ1v) is 5.23. The van der Waals surface area contributed by atoms with Gasteiger partial charge >= 0.3 is 5.97 Å². The number of hydrogen-bond donors (Lipinski definition) is 1. The molecule has 4 heteroatoms. The van der Waals surface area contributed by atoms with Crippen molar-refractivity contribution in [3.63, 3.8) is 0 Å². The number of carbonyl (C=O) groups is 1. The van der Waals surface area contributed by atoms with Crippen molar-refractivity contribution in [1.29, 1.82) is 0 Å². The van der Waals surface area contributed by atoms with Gasteiger partial charge in [-0.2, -0.15) is 0 Å². The Hall–Kier alpha value is -0.610. The third-order valence-corrected chi connectivity index (χ3v) is 2.02. The Morgan fingerprint density at radius 1 is 1.36 bits per heavy atom. The normalized spacial score (nSPS) is 10.6. The lowest BCUT2D eigenvalue weighted by molar-refractivity contribution is -0.143. The molecule has 0 aliphatic heterocycles. The van der Waals surface area contributed by atoms with Crippen LogP contribution in [0.3, 0.4) is 0 Å². The zero-order chi connectivity index (χ0) is 10.8. The molecular formula is C10H21NO3. The fourth-order valence-corrected chi connectivity index (χ4v) is 1.25. The molecule has 1 N–H and O–H groups in total. The standard InChI is InChI=1S/C10H21NO3/c1-3-11(8-9-12)7-5-6-10(13)14-4-2/h12H,3-9H2,1-2H3. The van der Waals surface area contributed by atoms with Gasteiger partial charge in [0.25, 0.3) is 0 Å². The average Bonchev–Trinajstić information content (AvgIpc) is 2.17. The molecule has 0 fully saturated rings. The van der Waals surface area contributed by atoms with E-state index in [0.29, 0.717) is 19.6 Å². The Kier molecular flexibility index (Phi) is 8.57. The predicted octanol–water partition coefficient (Wildman–Crippen LogP) is 0.644. The minimum atomic E-state index is -0.132. The molecule has 0 aliphatic rings. The summed E-state index contributed by atoms with van der Waals surface area (Å²) in [6.45, 7) is 6.90. The molecule has 0 amide bonds. The Morgan fingerprint density at radius 2 is 2.07 bits per heavy atom. The monoisotopic (exact) mass is 203 g/mol. The zero-order valence-corrected chi connectivity index (χ0v) is 9.16. The van der Waals surface area contributed by atoms with E-state index >= 15 is 0 Å². The number of ether oxygens (including phenoxy) is 1. The van der Waals surface area contributed by atoms with Crippen LogP contribution in [0.15, 0.2) is 0 Å². The van der Waals surface area contributed by atoms with Gasteiger partial charge in [0.1, 0.15) is 0 Å². The summed E-state index contributed by atoms with van der Waals surface area (Å²) in [4.78, 5) is 13.1. The van der Waals surface area contributed by atoms with E-state index in [2.05, 4.69) is 4.90 Å². The van der Waals surface area contributed by atoms with Crippen molar-refractivity contribution in [2.45, 2.75) is 26.7 Å². The van der Waals surface area contributed by atoms with Crippen LogP contribution in [-0.2, 0) is 9.53 Å². The van der Waals surface area contributed by atoms with Crippen LogP contribution in [-0.4, -0.2) is 48.8 Å². The molecule has 0 rings (SSSR count). The number of aliphatic hydroxyl groups excluding tert-OH is 1. The minimum Gasteiger partial charge on any atom is -0.466 e. The van der Waals surface area contributed by atoms with Gasteiger partial charge in [-0.05, 0) is 26.4 Å². The topological polar surface area (TPSA) is 49.8 Å². The number of aliphatic hydroxyl groups is 1. The molecule has 0 bridgehead atoms. The largest absolute Gasteiger partial charge is 0.466 e. The van der Waals surface area contributed by atoms with Gasteiger partial charge in [-0.1, -0.05) is 6.92 Å². The molecule has 4 nitrogen and oxygen atoms in total. The number of likely N-dealkylation sites (N-methyl/N-ethyl adjacent to an activating group) is 1. The van der Waals surface area contributed by atoms with E-state index in [4.69, 9.17) is 9.84 Å². The van der Waals surface area contributed by atoms with Gasteiger partial charge in [0.05, 0.1) is 13.2 Å². The molecule has 0 aromatic carbocycles. The van der Waals surface area contributed by atoms with Crippen molar-refractivity contribution in [2.75, 3.05) is 32.8 Å². The highest BCUT2D eigenvalue weighted by molar-refractivity contribution is 5.69. The quantitative estimate of drug-likeness (QED) is 0.588. The highest BCUT2D eigenvalue weighted by Gasteiger charge is 2.04. The van der Waals surface area contributed by atoms with Gasteiger partial charge in [0.2, 0.25) is 0 Å². The Morgan fingerprint density at radius 3 is 2.57 bits per heavy atom. The summed E-state index contributed by atoms with van der Waals surface area (Å²) in [5.74, 6) is -0.132. The highest BCUT2D eigenvalue weighted by Crippen LogP contribution is 1.96. The van der Waals surface area contributed by atoms with Crippen LogP contribution in [0.2, 0.25) is 0 Å². The molecule has 0 aliphatic carbocycles. The van der Waals surface area contributed by atoms with E-state index in [-0.39, 0.29) is 12.6 Å². The lowest BCUT2D eigenvalue weighted by Crippen LogP contribution is -2.28. The molecular weight excluding hydrogens is 182 g/mol. The molecule has 0 saturated heterocycles. The van der Waals surface area contributed by atoms with Crippen molar-refractivity contribution < 1.29 is 14.6 Å². The van der Waals surface area contributed by atoms with E-state index in [0.717, 1.165) is 19.5 Å². The van der Waals surface area contributed by atoms with Crippen LogP contribution in [0.1, 0.15) is 26.7 Å². The fourth-order valence-electron chi connectivity index (χ4n) is 1.25. The summed E-state index contributed by atoms with van der Waals surface area (Å²) in [5, 5.41) is 8.73. The SMILES string of the molecule is CCOC(=O)CCCN(CC)CCO. The summed E-state index contributed by atoms with van der Waals surface area (Å²) in [6.07, 6.45) is 1.27. The number of esters is 1. The highest BCUT2D eigenvalue weighted by atomic mass is 16.5. The average molecular weight is 203 g/mol. The molecule has 14 heavy (non-hydrogen) atoms. The fraction of sp³-hybridized carbons (Fsp3) is 0.900. The second-order valence-corrected chi connectivity index (χ2v) is 3.07. The predicted molar refractivity (Wildman–Crippen MR) is 55.1 cm³/mol. The second-order valence-electron chi connectivity index (χ2n) is 3.07. The molecule has 0 spiro atoms. The first kappa shape index (κ1) is 13.4. The summed E-state index contributed by atoms with van der Waals surface area (Å²) < 4.78 is 4.81. The summed E-state index contributed by atoms with van der Waals surface area (Å²) in [7, 11) is 0. The van der Waals surface area contributed by atoms with Gasteiger partial charge in [0, 0.05) is 13.0 Å². The van der Waals surface area contributed by atoms with Crippen LogP contribution in [0.4, 0.5) is 0 Å². The maximum atomic E-state index is 11.0. The van der Waals surface area contributed by atoms with Crippen molar-refractivity contribution in [3.05, 3.63) is 0 Å². The van der Waals surface area contributed by atoms with E-state index in [9.17, 15) is 4.79 Å². The van der Waals surface area contributed by atoms with Crippen LogP contribution >= 0.6 is 0 Å². The van der Waals surface area contributed by atoms with Crippen LogP contribution in [0.25, 0.3) is 0 Å². The lowest BCUT2D eigenvalue weighted by Gasteiger charge is -2.18. The molecule has 0 heterocycles. The van der Waals surface area contributed by atoms with Crippen molar-refractivity contribution in [2.24, 2.45) is 0 Å². The van der Waals surface area contributed by atoms with Crippen LogP contribution in [0, 0.1) is 0 Å². The van der Waals surface area contributed by atoms with Gasteiger partial charge in [-0.15, -0.1) is 0 Å². The Bertz CT molecular complexity index is 150. The third kappa shape index (κ3) is 6.86. The Balaban J connectivity index is 3.45. The lowest BCUT2D eigenvalue weighted by atomic mass is 10.3. The maximum Gasteiger partial charge on any atom is 0.305 e. The van der Waals surface area contributed by atoms with Gasteiger partial charge in [-0.3, -0.25) is 4.79 Å². The first-order valence-electron chi connectivity index (χ1n) is 5.23. The van der Waals surface area contributed by atoms with E-state index < -0.39 is 0 Å². The molecule has 0 aromatic heterocycles. The molecule has 0 radical (unpaired) electrons. The van der Waals surface area contributed by atoms with Crippen LogP contribution in [0.5, 0.6) is 0 Å². The molecule has 0 aromatic rings. The number of hydrogen-bond acceptors (Lipinski definition) is 4. The van der Waals surface area contributed by atoms with Gasteiger partial charge in [-0.25, -0.2) is 0 Å². The van der Waals surface area contributed by atoms with E-state index in [1.807, 2.05) is 13.8 Å². The van der Waals surface area contributed by atoms with Gasteiger partial charge in [0.15, 0.2) is 0 Å². The maximum absolute atomic E-state index is 11.0. The summed E-state index contributed by atoms with van der Waals surface area (Å²) in [5.41, 5.74) is 0. The van der Waals surface area contributed by atoms with E-state index in [1.165, 1.54) is 0 Å². The van der Waals surface area contributed by atoms with Gasteiger partial charge < -0.3 is 14.7 Å². The molecule has 0 saturated carbocycles. The summed E-state index contributed by atoms with van der Waals surface area (Å²) >= 11 is 0. The summed E-state index contributed by atoms with van der Waals surface area (Å²) in [6, 6.07) is 0.